The van der Waals surface area contributed by atoms with Gasteiger partial charge in [0.15, 0.2) is 0 Å². The van der Waals surface area contributed by atoms with Crippen LogP contribution < -0.4 is 15.4 Å². The van der Waals surface area contributed by atoms with Crippen molar-refractivity contribution >= 4 is 17.6 Å². The third-order valence-electron chi connectivity index (χ3n) is 5.37. The minimum absolute atomic E-state index is 0.150. The molecule has 0 radical (unpaired) electrons. The molecule has 7 heteroatoms. The summed E-state index contributed by atoms with van der Waals surface area (Å²) in [6.45, 7) is 3.29. The monoisotopic (exact) mass is 360 g/mol. The van der Waals surface area contributed by atoms with E-state index >= 15 is 0 Å². The van der Waals surface area contributed by atoms with E-state index in [4.69, 9.17) is 4.74 Å². The largest absolute Gasteiger partial charge is 0.495 e. The van der Waals surface area contributed by atoms with Gasteiger partial charge in [-0.05, 0) is 31.0 Å². The first-order valence-electron chi connectivity index (χ1n) is 9.32. The summed E-state index contributed by atoms with van der Waals surface area (Å²) < 4.78 is 5.31. The summed E-state index contributed by atoms with van der Waals surface area (Å²) in [5, 5.41) is 5.48. The van der Waals surface area contributed by atoms with Crippen molar-refractivity contribution in [3.63, 3.8) is 0 Å². The quantitative estimate of drug-likeness (QED) is 0.863. The lowest BCUT2D eigenvalue weighted by atomic mass is 10.1. The van der Waals surface area contributed by atoms with Crippen LogP contribution in [0.2, 0.25) is 0 Å². The maximum atomic E-state index is 12.7. The predicted octanol–water partition coefficient (Wildman–Crippen LogP) is 2.15. The Hall–Kier alpha value is -2.28. The van der Waals surface area contributed by atoms with Gasteiger partial charge in [-0.2, -0.15) is 0 Å². The molecular formula is C19H28N4O3. The van der Waals surface area contributed by atoms with Crippen molar-refractivity contribution in [2.24, 2.45) is 0 Å². The number of nitrogens with zero attached hydrogens (tertiary/aromatic N) is 2. The van der Waals surface area contributed by atoms with E-state index in [0.29, 0.717) is 23.0 Å². The zero-order valence-electron chi connectivity index (χ0n) is 15.6. The maximum Gasteiger partial charge on any atom is 0.322 e. The van der Waals surface area contributed by atoms with Crippen molar-refractivity contribution in [1.29, 1.82) is 0 Å². The molecule has 2 aliphatic rings. The molecule has 142 valence electrons. The zero-order chi connectivity index (χ0) is 18.5. The molecule has 1 aliphatic carbocycles. The number of piperazine rings is 1. The molecule has 7 nitrogen and oxygen atoms in total. The van der Waals surface area contributed by atoms with Gasteiger partial charge in [0.05, 0.1) is 12.8 Å². The van der Waals surface area contributed by atoms with Crippen LogP contribution >= 0.6 is 0 Å². The summed E-state index contributed by atoms with van der Waals surface area (Å²) in [5.41, 5.74) is 0.992. The van der Waals surface area contributed by atoms with Crippen LogP contribution in [-0.2, 0) is 0 Å². The van der Waals surface area contributed by atoms with E-state index in [2.05, 4.69) is 15.5 Å². The molecule has 26 heavy (non-hydrogen) atoms. The molecule has 0 aromatic heterocycles. The summed E-state index contributed by atoms with van der Waals surface area (Å²) in [6.07, 6.45) is 5.23. The van der Waals surface area contributed by atoms with Gasteiger partial charge in [-0.1, -0.05) is 12.8 Å². The number of rotatable bonds is 4. The number of ether oxygens (including phenoxy) is 1. The lowest BCUT2D eigenvalue weighted by molar-refractivity contribution is 0.0963. The highest BCUT2D eigenvalue weighted by Crippen LogP contribution is 2.27. The van der Waals surface area contributed by atoms with Gasteiger partial charge in [0.25, 0.3) is 5.91 Å². The molecule has 2 fully saturated rings. The Bertz CT molecular complexity index is 650. The Labute approximate surface area is 154 Å². The topological polar surface area (TPSA) is 73.9 Å². The minimum Gasteiger partial charge on any atom is -0.495 e. The van der Waals surface area contributed by atoms with Gasteiger partial charge in [0, 0.05) is 44.8 Å². The predicted molar refractivity (Wildman–Crippen MR) is 101 cm³/mol. The molecule has 0 spiro atoms. The maximum absolute atomic E-state index is 12.7. The first-order valence-corrected chi connectivity index (χ1v) is 9.32. The Balaban J connectivity index is 1.61. The Morgan fingerprint density at radius 1 is 1.12 bits per heavy atom. The molecule has 0 bridgehead atoms. The van der Waals surface area contributed by atoms with E-state index < -0.39 is 0 Å². The Kier molecular flexibility index (Phi) is 5.98. The van der Waals surface area contributed by atoms with Crippen molar-refractivity contribution in [3.8, 4) is 5.75 Å². The normalized spacial score (nSPS) is 18.6. The third-order valence-corrected chi connectivity index (χ3v) is 5.37. The highest BCUT2D eigenvalue weighted by molar-refractivity contribution is 5.97. The molecule has 1 saturated heterocycles. The second kappa shape index (κ2) is 8.40. The highest BCUT2D eigenvalue weighted by atomic mass is 16.5. The number of carbonyl (C=O) groups is 2. The molecule has 1 aliphatic heterocycles. The number of nitrogens with one attached hydrogen (secondary N) is 2. The fraction of sp³-hybridized carbons (Fsp3) is 0.579. The zero-order valence-corrected chi connectivity index (χ0v) is 15.6. The first-order chi connectivity index (χ1) is 12.6. The standard InChI is InChI=1S/C19H28N4O3/c1-20-18(24)14-7-8-17(26-2)16(13-14)21-19(25)23-11-9-22(10-12-23)15-5-3-4-6-15/h7-8,13,15H,3-6,9-12H2,1-2H3,(H,20,24)(H,21,25). The van der Waals surface area contributed by atoms with Crippen LogP contribution in [0.1, 0.15) is 36.0 Å². The molecule has 1 heterocycles. The molecule has 0 atom stereocenters. The Morgan fingerprint density at radius 3 is 2.42 bits per heavy atom. The van der Waals surface area contributed by atoms with Crippen molar-refractivity contribution in [2.75, 3.05) is 45.7 Å². The fourth-order valence-corrected chi connectivity index (χ4v) is 3.85. The van der Waals surface area contributed by atoms with E-state index in [1.807, 2.05) is 4.90 Å². The number of urea groups is 1. The van der Waals surface area contributed by atoms with Gasteiger partial charge in [0.1, 0.15) is 5.75 Å². The molecule has 2 N–H and O–H groups in total. The fourth-order valence-electron chi connectivity index (χ4n) is 3.85. The second-order valence-electron chi connectivity index (χ2n) is 6.89. The molecule has 3 rings (SSSR count). The van der Waals surface area contributed by atoms with E-state index in [-0.39, 0.29) is 11.9 Å². The molecule has 0 unspecified atom stereocenters. The van der Waals surface area contributed by atoms with Gasteiger partial charge in [-0.15, -0.1) is 0 Å². The number of anilines is 1. The smallest absolute Gasteiger partial charge is 0.322 e. The van der Waals surface area contributed by atoms with Crippen molar-refractivity contribution in [2.45, 2.75) is 31.7 Å². The van der Waals surface area contributed by atoms with E-state index in [9.17, 15) is 9.59 Å². The SMILES string of the molecule is CNC(=O)c1ccc(OC)c(NC(=O)N2CCN(C3CCCC3)CC2)c1. The second-order valence-corrected chi connectivity index (χ2v) is 6.89. The third kappa shape index (κ3) is 4.09. The van der Waals surface area contributed by atoms with E-state index in [1.54, 1.807) is 32.4 Å². The number of carbonyl (C=O) groups excluding carboxylic acids is 2. The van der Waals surface area contributed by atoms with Crippen LogP contribution in [0.25, 0.3) is 0 Å². The van der Waals surface area contributed by atoms with E-state index in [0.717, 1.165) is 26.2 Å². The lowest BCUT2D eigenvalue weighted by Gasteiger charge is -2.38. The summed E-state index contributed by atoms with van der Waals surface area (Å²) in [6, 6.07) is 5.56. The van der Waals surface area contributed by atoms with Crippen molar-refractivity contribution in [1.82, 2.24) is 15.1 Å². The van der Waals surface area contributed by atoms with Crippen LogP contribution in [0.5, 0.6) is 5.75 Å². The molecule has 3 amide bonds. The lowest BCUT2D eigenvalue weighted by Crippen LogP contribution is -2.52. The average molecular weight is 360 g/mol. The summed E-state index contributed by atoms with van der Waals surface area (Å²) in [7, 11) is 3.12. The van der Waals surface area contributed by atoms with Crippen molar-refractivity contribution < 1.29 is 14.3 Å². The van der Waals surface area contributed by atoms with E-state index in [1.165, 1.54) is 25.7 Å². The van der Waals surface area contributed by atoms with Crippen LogP contribution in [0.15, 0.2) is 18.2 Å². The van der Waals surface area contributed by atoms with Gasteiger partial charge in [-0.3, -0.25) is 9.69 Å². The number of benzene rings is 1. The van der Waals surface area contributed by atoms with Crippen molar-refractivity contribution in [3.05, 3.63) is 23.8 Å². The van der Waals surface area contributed by atoms with Crippen LogP contribution in [0.4, 0.5) is 10.5 Å². The van der Waals surface area contributed by atoms with Gasteiger partial charge in [0.2, 0.25) is 0 Å². The number of amides is 3. The van der Waals surface area contributed by atoms with Gasteiger partial charge in [-0.25, -0.2) is 4.79 Å². The molecule has 1 aromatic rings. The summed E-state index contributed by atoms with van der Waals surface area (Å²) in [5.74, 6) is 0.337. The number of hydrogen-bond acceptors (Lipinski definition) is 4. The minimum atomic E-state index is -0.201. The molecule has 1 saturated carbocycles. The number of methoxy groups -OCH3 is 1. The average Bonchev–Trinajstić information content (AvgIpc) is 3.22. The summed E-state index contributed by atoms with van der Waals surface area (Å²) >= 11 is 0. The summed E-state index contributed by atoms with van der Waals surface area (Å²) in [4.78, 5) is 28.8. The molecule has 1 aromatic carbocycles. The van der Waals surface area contributed by atoms with Crippen LogP contribution in [0.3, 0.4) is 0 Å². The Morgan fingerprint density at radius 2 is 1.81 bits per heavy atom. The van der Waals surface area contributed by atoms with Gasteiger partial charge >= 0.3 is 6.03 Å². The first kappa shape index (κ1) is 18.5. The number of hydrogen-bond donors (Lipinski definition) is 2. The van der Waals surface area contributed by atoms with Crippen LogP contribution in [-0.4, -0.2) is 68.1 Å². The molecular weight excluding hydrogens is 332 g/mol. The van der Waals surface area contributed by atoms with Gasteiger partial charge < -0.3 is 20.3 Å². The highest BCUT2D eigenvalue weighted by Gasteiger charge is 2.28. The van der Waals surface area contributed by atoms with Crippen LogP contribution in [0, 0.1) is 0 Å².